The minimum Gasteiger partial charge on any atom is -0.493 e. The molecule has 0 saturated heterocycles. The summed E-state index contributed by atoms with van der Waals surface area (Å²) in [5, 5.41) is 3.01. The predicted octanol–water partition coefficient (Wildman–Crippen LogP) is 4.66. The number of carbonyl (C=O) groups excluding carboxylic acids is 1. The number of nitrogens with zero attached hydrogens (tertiary/aromatic N) is 1. The second kappa shape index (κ2) is 9.00. The van der Waals surface area contributed by atoms with Crippen LogP contribution in [0.15, 0.2) is 60.0 Å². The largest absolute Gasteiger partial charge is 0.493 e. The molecule has 0 aliphatic rings. The lowest BCUT2D eigenvalue weighted by Gasteiger charge is -2.06. The van der Waals surface area contributed by atoms with Crippen molar-refractivity contribution in [3.63, 3.8) is 0 Å². The molecule has 0 bridgehead atoms. The summed E-state index contributed by atoms with van der Waals surface area (Å²) in [4.78, 5) is 16.3. The first-order chi connectivity index (χ1) is 13.1. The van der Waals surface area contributed by atoms with E-state index in [9.17, 15) is 4.79 Å². The predicted molar refractivity (Wildman–Crippen MR) is 105 cm³/mol. The van der Waals surface area contributed by atoms with E-state index in [2.05, 4.69) is 4.98 Å². The van der Waals surface area contributed by atoms with Gasteiger partial charge in [0.05, 0.1) is 17.8 Å². The van der Waals surface area contributed by atoms with Crippen molar-refractivity contribution >= 4 is 23.4 Å². The van der Waals surface area contributed by atoms with Gasteiger partial charge in [0, 0.05) is 11.5 Å². The topological polar surface area (TPSA) is 57.7 Å². The average molecular weight is 381 g/mol. The first-order valence-corrected chi connectivity index (χ1v) is 9.19. The maximum atomic E-state index is 12.0. The molecule has 6 heteroatoms. The second-order valence-corrected chi connectivity index (χ2v) is 6.68. The highest BCUT2D eigenvalue weighted by atomic mass is 32.1. The zero-order valence-electron chi connectivity index (χ0n) is 15.0. The molecule has 0 atom stereocenters. The van der Waals surface area contributed by atoms with Crippen LogP contribution in [0.2, 0.25) is 0 Å². The molecule has 1 heterocycles. The highest BCUT2D eigenvalue weighted by Crippen LogP contribution is 2.26. The number of para-hydroxylation sites is 2. The molecule has 3 aromatic rings. The van der Waals surface area contributed by atoms with Gasteiger partial charge in [-0.2, -0.15) is 0 Å². The Hall–Kier alpha value is -3.12. The fourth-order valence-corrected chi connectivity index (χ4v) is 2.91. The van der Waals surface area contributed by atoms with Crippen molar-refractivity contribution in [1.82, 2.24) is 4.98 Å². The summed E-state index contributed by atoms with van der Waals surface area (Å²) in [5.74, 6) is 1.17. The Kier molecular flexibility index (Phi) is 6.22. The van der Waals surface area contributed by atoms with Gasteiger partial charge in [0.25, 0.3) is 0 Å². The summed E-state index contributed by atoms with van der Waals surface area (Å²) in [6.07, 6.45) is 3.06. The van der Waals surface area contributed by atoms with Crippen molar-refractivity contribution in [3.05, 3.63) is 76.3 Å². The van der Waals surface area contributed by atoms with E-state index in [0.717, 1.165) is 22.0 Å². The van der Waals surface area contributed by atoms with Gasteiger partial charge in [-0.1, -0.05) is 24.3 Å². The third-order valence-corrected chi connectivity index (χ3v) is 4.45. The van der Waals surface area contributed by atoms with E-state index in [-0.39, 0.29) is 0 Å². The molecule has 3 rings (SSSR count). The first-order valence-electron chi connectivity index (χ1n) is 8.31. The quantitative estimate of drug-likeness (QED) is 0.338. The van der Waals surface area contributed by atoms with E-state index in [1.54, 1.807) is 35.6 Å². The molecular weight excluding hydrogens is 362 g/mol. The molecule has 0 N–H and O–H groups in total. The summed E-state index contributed by atoms with van der Waals surface area (Å²) >= 11 is 1.60. The molecule has 27 heavy (non-hydrogen) atoms. The van der Waals surface area contributed by atoms with Crippen molar-refractivity contribution in [1.29, 1.82) is 0 Å². The van der Waals surface area contributed by atoms with E-state index in [1.807, 2.05) is 42.6 Å². The zero-order valence-corrected chi connectivity index (χ0v) is 15.9. The highest BCUT2D eigenvalue weighted by molar-refractivity contribution is 7.09. The lowest BCUT2D eigenvalue weighted by atomic mass is 10.2. The summed E-state index contributed by atoms with van der Waals surface area (Å²) in [6, 6.07) is 14.4. The van der Waals surface area contributed by atoms with E-state index in [0.29, 0.717) is 18.1 Å². The molecular formula is C21H19NO4S. The van der Waals surface area contributed by atoms with Crippen molar-refractivity contribution in [2.75, 3.05) is 7.11 Å². The van der Waals surface area contributed by atoms with E-state index in [1.165, 1.54) is 13.2 Å². The van der Waals surface area contributed by atoms with Gasteiger partial charge in [0.15, 0.2) is 11.5 Å². The van der Waals surface area contributed by atoms with Crippen molar-refractivity contribution in [2.24, 2.45) is 0 Å². The Morgan fingerprint density at radius 3 is 2.52 bits per heavy atom. The second-order valence-electron chi connectivity index (χ2n) is 5.62. The van der Waals surface area contributed by atoms with Crippen molar-refractivity contribution < 1.29 is 19.0 Å². The SMILES string of the molecule is COc1ccccc1OC(=O)/C=C/c1ccc(OCc2csc(C)n2)cc1. The molecule has 2 aromatic carbocycles. The van der Waals surface area contributed by atoms with Crippen LogP contribution < -0.4 is 14.2 Å². The molecule has 0 saturated carbocycles. The number of methoxy groups -OCH3 is 1. The van der Waals surface area contributed by atoms with Gasteiger partial charge >= 0.3 is 5.97 Å². The van der Waals surface area contributed by atoms with E-state index < -0.39 is 5.97 Å². The molecule has 5 nitrogen and oxygen atoms in total. The molecule has 0 aliphatic carbocycles. The number of aromatic nitrogens is 1. The van der Waals surface area contributed by atoms with Crippen LogP contribution in [0, 0.1) is 6.92 Å². The van der Waals surface area contributed by atoms with Crippen LogP contribution in [0.25, 0.3) is 6.08 Å². The first kappa shape index (κ1) is 18.7. The smallest absolute Gasteiger partial charge is 0.336 e. The average Bonchev–Trinajstić information content (AvgIpc) is 3.11. The summed E-state index contributed by atoms with van der Waals surface area (Å²) in [5.41, 5.74) is 1.78. The van der Waals surface area contributed by atoms with E-state index >= 15 is 0 Å². The lowest BCUT2D eigenvalue weighted by molar-refractivity contribution is -0.129. The Balaban J connectivity index is 1.54. The van der Waals surface area contributed by atoms with Gasteiger partial charge in [-0.3, -0.25) is 0 Å². The van der Waals surface area contributed by atoms with Crippen molar-refractivity contribution in [3.8, 4) is 17.2 Å². The fourth-order valence-electron chi connectivity index (χ4n) is 2.32. The van der Waals surface area contributed by atoms with Crippen LogP contribution in [0.3, 0.4) is 0 Å². The van der Waals surface area contributed by atoms with Crippen LogP contribution in [0.1, 0.15) is 16.3 Å². The van der Waals surface area contributed by atoms with Crippen LogP contribution in [-0.2, 0) is 11.4 Å². The monoisotopic (exact) mass is 381 g/mol. The Labute approximate surface area is 161 Å². The molecule has 0 spiro atoms. The van der Waals surface area contributed by atoms with Crippen LogP contribution in [0.5, 0.6) is 17.2 Å². The molecule has 1 aromatic heterocycles. The number of rotatable bonds is 7. The Morgan fingerprint density at radius 2 is 1.85 bits per heavy atom. The number of hydrogen-bond acceptors (Lipinski definition) is 6. The van der Waals surface area contributed by atoms with Crippen molar-refractivity contribution in [2.45, 2.75) is 13.5 Å². The van der Waals surface area contributed by atoms with Gasteiger partial charge < -0.3 is 14.2 Å². The van der Waals surface area contributed by atoms with Crippen LogP contribution in [0.4, 0.5) is 0 Å². The lowest BCUT2D eigenvalue weighted by Crippen LogP contribution is -2.04. The van der Waals surface area contributed by atoms with Crippen LogP contribution >= 0.6 is 11.3 Å². The summed E-state index contributed by atoms with van der Waals surface area (Å²) < 4.78 is 16.2. The summed E-state index contributed by atoms with van der Waals surface area (Å²) in [7, 11) is 1.53. The Morgan fingerprint density at radius 1 is 1.11 bits per heavy atom. The fraction of sp³-hybridized carbons (Fsp3) is 0.143. The van der Waals surface area contributed by atoms with Crippen LogP contribution in [-0.4, -0.2) is 18.1 Å². The maximum Gasteiger partial charge on any atom is 0.336 e. The molecule has 0 fully saturated rings. The van der Waals surface area contributed by atoms with Gasteiger partial charge in [-0.05, 0) is 42.8 Å². The van der Waals surface area contributed by atoms with Gasteiger partial charge in [0.1, 0.15) is 12.4 Å². The molecule has 0 unspecified atom stereocenters. The Bertz CT molecular complexity index is 931. The highest BCUT2D eigenvalue weighted by Gasteiger charge is 2.06. The number of carbonyl (C=O) groups is 1. The van der Waals surface area contributed by atoms with Gasteiger partial charge in [-0.25, -0.2) is 9.78 Å². The van der Waals surface area contributed by atoms with E-state index in [4.69, 9.17) is 14.2 Å². The van der Waals surface area contributed by atoms with Gasteiger partial charge in [0.2, 0.25) is 0 Å². The molecule has 138 valence electrons. The molecule has 0 amide bonds. The van der Waals surface area contributed by atoms with Gasteiger partial charge in [-0.15, -0.1) is 11.3 Å². The summed E-state index contributed by atoms with van der Waals surface area (Å²) in [6.45, 7) is 2.40. The third kappa shape index (κ3) is 5.43. The number of hydrogen-bond donors (Lipinski definition) is 0. The number of benzene rings is 2. The zero-order chi connectivity index (χ0) is 19.1. The normalized spacial score (nSPS) is 10.7. The maximum absolute atomic E-state index is 12.0. The minimum absolute atomic E-state index is 0.385. The molecule has 0 aliphatic heterocycles. The third-order valence-electron chi connectivity index (χ3n) is 3.62. The number of aryl methyl sites for hydroxylation is 1. The number of ether oxygens (including phenoxy) is 3. The number of thiazole rings is 1. The molecule has 0 radical (unpaired) electrons. The number of esters is 1. The standard InChI is InChI=1S/C21H19NO4S/c1-15-22-17(14-27-15)13-25-18-10-7-16(8-11-18)9-12-21(23)26-20-6-4-3-5-19(20)24-2/h3-12,14H,13H2,1-2H3/b12-9+. The minimum atomic E-state index is -0.473.